The van der Waals surface area contributed by atoms with Gasteiger partial charge in [-0.1, -0.05) is 36.4 Å². The van der Waals surface area contributed by atoms with E-state index < -0.39 is 0 Å². The summed E-state index contributed by atoms with van der Waals surface area (Å²) in [7, 11) is 0. The highest BCUT2D eigenvalue weighted by atomic mass is 19.1. The van der Waals surface area contributed by atoms with E-state index in [0.717, 1.165) is 11.3 Å². The number of allylic oxidation sites excluding steroid dienone is 2. The first-order valence-corrected chi connectivity index (χ1v) is 8.70. The van der Waals surface area contributed by atoms with Gasteiger partial charge in [-0.05, 0) is 68.4 Å². The zero-order valence-corrected chi connectivity index (χ0v) is 14.0. The van der Waals surface area contributed by atoms with Crippen LogP contribution in [0.1, 0.15) is 51.0 Å². The number of fused-ring (bicyclic) bond motifs is 1. The molecule has 2 heteroatoms. The van der Waals surface area contributed by atoms with Gasteiger partial charge in [-0.25, -0.2) is 4.39 Å². The Morgan fingerprint density at radius 3 is 2.61 bits per heavy atom. The highest BCUT2D eigenvalue weighted by Crippen LogP contribution is 2.38. The van der Waals surface area contributed by atoms with Gasteiger partial charge >= 0.3 is 0 Å². The van der Waals surface area contributed by atoms with E-state index >= 15 is 0 Å². The molecule has 0 amide bonds. The lowest BCUT2D eigenvalue weighted by molar-refractivity contribution is 0.323. The summed E-state index contributed by atoms with van der Waals surface area (Å²) in [6.07, 6.45) is 9.45. The quantitative estimate of drug-likeness (QED) is 0.608. The Morgan fingerprint density at radius 1 is 1.13 bits per heavy atom. The molecule has 2 aromatic rings. The molecule has 1 aliphatic carbocycles. The third-order valence-electron chi connectivity index (χ3n) is 4.95. The predicted octanol–water partition coefficient (Wildman–Crippen LogP) is 6.23. The van der Waals surface area contributed by atoms with E-state index in [2.05, 4.69) is 31.2 Å². The van der Waals surface area contributed by atoms with Crippen LogP contribution in [0.2, 0.25) is 0 Å². The summed E-state index contributed by atoms with van der Waals surface area (Å²) in [5.74, 6) is 1.45. The Labute approximate surface area is 138 Å². The standard InChI is InChI=1S/C21H25FO/c1-3-5-15-6-8-16(9-7-15)17-10-12-19-18(14-17)11-13-20(21(19)22)23-4-2/h3,5,10-16H,4,6-9H2,1-2H3/b5-3+. The van der Waals surface area contributed by atoms with Crippen molar-refractivity contribution in [1.82, 2.24) is 0 Å². The molecule has 0 aromatic heterocycles. The van der Waals surface area contributed by atoms with Gasteiger partial charge in [0, 0.05) is 5.39 Å². The molecule has 0 atom stereocenters. The maximum Gasteiger partial charge on any atom is 0.172 e. The average molecular weight is 312 g/mol. The molecule has 1 saturated carbocycles. The van der Waals surface area contributed by atoms with Crippen LogP contribution >= 0.6 is 0 Å². The van der Waals surface area contributed by atoms with Crippen molar-refractivity contribution in [1.29, 1.82) is 0 Å². The number of halogens is 1. The Kier molecular flexibility index (Phi) is 5.00. The van der Waals surface area contributed by atoms with Crippen LogP contribution in [0.4, 0.5) is 4.39 Å². The molecule has 0 saturated heterocycles. The normalized spacial score (nSPS) is 21.9. The van der Waals surface area contributed by atoms with Crippen LogP contribution in [0.3, 0.4) is 0 Å². The van der Waals surface area contributed by atoms with Crippen LogP contribution in [-0.4, -0.2) is 6.61 Å². The van der Waals surface area contributed by atoms with Crippen molar-refractivity contribution in [3.63, 3.8) is 0 Å². The van der Waals surface area contributed by atoms with Crippen LogP contribution in [-0.2, 0) is 0 Å². The van der Waals surface area contributed by atoms with Gasteiger partial charge in [-0.2, -0.15) is 0 Å². The molecule has 122 valence electrons. The Hall–Kier alpha value is -1.83. The van der Waals surface area contributed by atoms with Gasteiger partial charge in [-0.15, -0.1) is 0 Å². The Balaban J connectivity index is 1.82. The number of rotatable bonds is 4. The summed E-state index contributed by atoms with van der Waals surface area (Å²) in [5.41, 5.74) is 1.35. The predicted molar refractivity (Wildman–Crippen MR) is 94.6 cm³/mol. The van der Waals surface area contributed by atoms with E-state index in [-0.39, 0.29) is 5.82 Å². The lowest BCUT2D eigenvalue weighted by atomic mass is 9.78. The number of hydrogen-bond acceptors (Lipinski definition) is 1. The molecular weight excluding hydrogens is 287 g/mol. The van der Waals surface area contributed by atoms with E-state index in [9.17, 15) is 4.39 Å². The first-order valence-electron chi connectivity index (χ1n) is 8.70. The fourth-order valence-electron chi connectivity index (χ4n) is 3.73. The van der Waals surface area contributed by atoms with Gasteiger partial charge in [0.2, 0.25) is 0 Å². The van der Waals surface area contributed by atoms with Crippen LogP contribution in [0.25, 0.3) is 10.8 Å². The second kappa shape index (κ2) is 7.16. The molecule has 0 heterocycles. The van der Waals surface area contributed by atoms with E-state index in [0.29, 0.717) is 23.7 Å². The number of hydrogen-bond donors (Lipinski definition) is 0. The second-order valence-electron chi connectivity index (χ2n) is 6.43. The maximum absolute atomic E-state index is 14.4. The first-order chi connectivity index (χ1) is 11.2. The highest BCUT2D eigenvalue weighted by Gasteiger charge is 2.21. The minimum Gasteiger partial charge on any atom is -0.491 e. The second-order valence-corrected chi connectivity index (χ2v) is 6.43. The maximum atomic E-state index is 14.4. The summed E-state index contributed by atoms with van der Waals surface area (Å²) in [5, 5.41) is 1.63. The minimum atomic E-state index is -0.243. The van der Waals surface area contributed by atoms with E-state index in [4.69, 9.17) is 4.74 Å². The minimum absolute atomic E-state index is 0.243. The summed E-state index contributed by atoms with van der Waals surface area (Å²) in [6, 6.07) is 9.89. The van der Waals surface area contributed by atoms with Crippen molar-refractivity contribution < 1.29 is 9.13 Å². The van der Waals surface area contributed by atoms with Gasteiger partial charge in [0.05, 0.1) is 6.61 Å². The van der Waals surface area contributed by atoms with Crippen LogP contribution < -0.4 is 4.74 Å². The zero-order valence-electron chi connectivity index (χ0n) is 14.0. The largest absolute Gasteiger partial charge is 0.491 e. The van der Waals surface area contributed by atoms with Crippen LogP contribution in [0, 0.1) is 11.7 Å². The average Bonchev–Trinajstić information content (AvgIpc) is 2.58. The van der Waals surface area contributed by atoms with Crippen molar-refractivity contribution in [2.24, 2.45) is 5.92 Å². The Morgan fingerprint density at radius 2 is 1.91 bits per heavy atom. The molecule has 0 aliphatic heterocycles. The van der Waals surface area contributed by atoms with Crippen LogP contribution in [0.5, 0.6) is 5.75 Å². The lowest BCUT2D eigenvalue weighted by Crippen LogP contribution is -2.11. The third-order valence-corrected chi connectivity index (χ3v) is 4.95. The fraction of sp³-hybridized carbons (Fsp3) is 0.429. The molecule has 2 aromatic carbocycles. The molecule has 23 heavy (non-hydrogen) atoms. The van der Waals surface area contributed by atoms with Crippen molar-refractivity contribution in [2.75, 3.05) is 6.61 Å². The van der Waals surface area contributed by atoms with E-state index in [1.165, 1.54) is 31.2 Å². The molecule has 0 radical (unpaired) electrons. The monoisotopic (exact) mass is 312 g/mol. The zero-order chi connectivity index (χ0) is 16.2. The molecule has 1 aliphatic rings. The smallest absolute Gasteiger partial charge is 0.172 e. The van der Waals surface area contributed by atoms with Crippen LogP contribution in [0.15, 0.2) is 42.5 Å². The summed E-state index contributed by atoms with van der Waals surface area (Å²) < 4.78 is 19.8. The Bertz CT molecular complexity index is 696. The SMILES string of the molecule is C/C=C/C1CCC(c2ccc3c(F)c(OCC)ccc3c2)CC1. The number of benzene rings is 2. The molecule has 1 fully saturated rings. The molecule has 0 spiro atoms. The highest BCUT2D eigenvalue weighted by molar-refractivity contribution is 5.85. The fourth-order valence-corrected chi connectivity index (χ4v) is 3.73. The molecule has 1 nitrogen and oxygen atoms in total. The molecule has 0 unspecified atom stereocenters. The van der Waals surface area contributed by atoms with Crippen molar-refractivity contribution in [3.05, 3.63) is 53.9 Å². The molecule has 3 rings (SSSR count). The van der Waals surface area contributed by atoms with Gasteiger partial charge in [0.25, 0.3) is 0 Å². The van der Waals surface area contributed by atoms with Gasteiger partial charge < -0.3 is 4.74 Å². The van der Waals surface area contributed by atoms with Crippen molar-refractivity contribution in [2.45, 2.75) is 45.4 Å². The molecule has 0 N–H and O–H groups in total. The third kappa shape index (κ3) is 3.41. The molecule has 0 bridgehead atoms. The first kappa shape index (κ1) is 16.0. The summed E-state index contributed by atoms with van der Waals surface area (Å²) in [4.78, 5) is 0. The van der Waals surface area contributed by atoms with Gasteiger partial charge in [-0.3, -0.25) is 0 Å². The van der Waals surface area contributed by atoms with Gasteiger partial charge in [0.15, 0.2) is 11.6 Å². The van der Waals surface area contributed by atoms with E-state index in [1.54, 1.807) is 6.07 Å². The molecular formula is C21H25FO. The van der Waals surface area contributed by atoms with Crippen molar-refractivity contribution >= 4 is 10.8 Å². The topological polar surface area (TPSA) is 9.23 Å². The number of ether oxygens (including phenoxy) is 1. The van der Waals surface area contributed by atoms with Gasteiger partial charge in [0.1, 0.15) is 0 Å². The summed E-state index contributed by atoms with van der Waals surface area (Å²) >= 11 is 0. The van der Waals surface area contributed by atoms with E-state index in [1.807, 2.05) is 19.1 Å². The summed E-state index contributed by atoms with van der Waals surface area (Å²) in [6.45, 7) is 4.45. The lowest BCUT2D eigenvalue weighted by Gasteiger charge is -2.27. The van der Waals surface area contributed by atoms with Crippen molar-refractivity contribution in [3.8, 4) is 5.75 Å².